The van der Waals surface area contributed by atoms with Crippen molar-refractivity contribution in [1.29, 1.82) is 0 Å². The Bertz CT molecular complexity index is 577. The van der Waals surface area contributed by atoms with Crippen molar-refractivity contribution in [3.05, 3.63) is 29.5 Å². The lowest BCUT2D eigenvalue weighted by Gasteiger charge is -2.21. The molecule has 0 radical (unpaired) electrons. The van der Waals surface area contributed by atoms with E-state index in [0.717, 1.165) is 0 Å². The zero-order valence-corrected chi connectivity index (χ0v) is 12.6. The van der Waals surface area contributed by atoms with Crippen LogP contribution in [0, 0.1) is 5.82 Å². The molecule has 7 nitrogen and oxygen atoms in total. The number of hydrogen-bond acceptors (Lipinski definition) is 6. The van der Waals surface area contributed by atoms with Crippen LogP contribution in [0.5, 0.6) is 0 Å². The van der Waals surface area contributed by atoms with Gasteiger partial charge in [-0.25, -0.2) is 9.37 Å². The topological polar surface area (TPSA) is 91.4 Å². The largest absolute Gasteiger partial charge is 0.358 e. The van der Waals surface area contributed by atoms with Gasteiger partial charge in [-0.05, 0) is 33.8 Å². The van der Waals surface area contributed by atoms with E-state index in [-0.39, 0.29) is 23.2 Å². The van der Waals surface area contributed by atoms with E-state index in [2.05, 4.69) is 36.2 Å². The monoisotopic (exact) mass is 293 g/mol. The number of anilines is 1. The molecule has 2 aromatic heterocycles. The highest BCUT2D eigenvalue weighted by Crippen LogP contribution is 2.20. The standard InChI is InChI=1S/C13H20FN7/c1-8(11-18-20-21-19-11)17-12-10(14)9(5-6-15-12)7-16-13(2,3)4/h5-6,8,16H,7H2,1-4H3,(H,15,17)(H,18,19,20,21). The number of pyridine rings is 1. The summed E-state index contributed by atoms with van der Waals surface area (Å²) in [5.41, 5.74) is 0.476. The van der Waals surface area contributed by atoms with Gasteiger partial charge in [0.05, 0.1) is 6.04 Å². The second kappa shape index (κ2) is 6.13. The van der Waals surface area contributed by atoms with Gasteiger partial charge in [0.2, 0.25) is 0 Å². The Morgan fingerprint density at radius 1 is 1.38 bits per heavy atom. The van der Waals surface area contributed by atoms with Crippen molar-refractivity contribution < 1.29 is 4.39 Å². The van der Waals surface area contributed by atoms with Crippen molar-refractivity contribution in [2.45, 2.75) is 45.8 Å². The summed E-state index contributed by atoms with van der Waals surface area (Å²) < 4.78 is 14.4. The molecule has 2 aromatic rings. The number of H-pyrrole nitrogens is 1. The molecule has 0 aliphatic heterocycles. The molecule has 2 rings (SSSR count). The number of rotatable bonds is 5. The molecule has 0 saturated carbocycles. The van der Waals surface area contributed by atoms with Crippen LogP contribution in [0.15, 0.2) is 12.3 Å². The first kappa shape index (κ1) is 15.3. The minimum Gasteiger partial charge on any atom is -0.358 e. The number of aromatic nitrogens is 5. The third-order valence-corrected chi connectivity index (χ3v) is 2.88. The Balaban J connectivity index is 2.10. The van der Waals surface area contributed by atoms with Crippen LogP contribution < -0.4 is 10.6 Å². The summed E-state index contributed by atoms with van der Waals surface area (Å²) in [6, 6.07) is 1.37. The van der Waals surface area contributed by atoms with Gasteiger partial charge in [0.15, 0.2) is 17.5 Å². The molecule has 114 valence electrons. The van der Waals surface area contributed by atoms with Crippen LogP contribution in [-0.4, -0.2) is 31.1 Å². The molecular formula is C13H20FN7. The van der Waals surface area contributed by atoms with E-state index < -0.39 is 0 Å². The molecule has 0 amide bonds. The van der Waals surface area contributed by atoms with Crippen LogP contribution in [0.3, 0.4) is 0 Å². The minimum absolute atomic E-state index is 0.0821. The van der Waals surface area contributed by atoms with Crippen LogP contribution in [0.4, 0.5) is 10.2 Å². The summed E-state index contributed by atoms with van der Waals surface area (Å²) in [5.74, 6) is 0.263. The van der Waals surface area contributed by atoms with Crippen molar-refractivity contribution in [2.75, 3.05) is 5.32 Å². The average Bonchev–Trinajstić information content (AvgIpc) is 2.92. The number of nitrogens with zero attached hydrogens (tertiary/aromatic N) is 4. The van der Waals surface area contributed by atoms with Crippen LogP contribution in [0.1, 0.15) is 45.1 Å². The summed E-state index contributed by atoms with van der Waals surface area (Å²) >= 11 is 0. The molecular weight excluding hydrogens is 273 g/mol. The first-order valence-corrected chi connectivity index (χ1v) is 6.75. The number of hydrogen-bond donors (Lipinski definition) is 3. The summed E-state index contributed by atoms with van der Waals surface area (Å²) in [6.07, 6.45) is 1.58. The van der Waals surface area contributed by atoms with Gasteiger partial charge in [0.25, 0.3) is 0 Å². The molecule has 2 heterocycles. The van der Waals surface area contributed by atoms with Gasteiger partial charge in [-0.2, -0.15) is 5.21 Å². The fourth-order valence-electron chi connectivity index (χ4n) is 1.70. The zero-order chi connectivity index (χ0) is 15.5. The molecule has 1 unspecified atom stereocenters. The fourth-order valence-corrected chi connectivity index (χ4v) is 1.70. The number of nitrogens with one attached hydrogen (secondary N) is 3. The Kier molecular flexibility index (Phi) is 4.46. The van der Waals surface area contributed by atoms with Gasteiger partial charge in [-0.1, -0.05) is 5.21 Å². The lowest BCUT2D eigenvalue weighted by molar-refractivity contribution is 0.418. The third kappa shape index (κ3) is 4.19. The van der Waals surface area contributed by atoms with Gasteiger partial charge in [0.1, 0.15) is 0 Å². The smallest absolute Gasteiger partial charge is 0.196 e. The van der Waals surface area contributed by atoms with Crippen LogP contribution in [0.25, 0.3) is 0 Å². The molecule has 1 atom stereocenters. The predicted molar refractivity (Wildman–Crippen MR) is 77.0 cm³/mol. The van der Waals surface area contributed by atoms with Gasteiger partial charge < -0.3 is 10.6 Å². The second-order valence-corrected chi connectivity index (χ2v) is 5.87. The fraction of sp³-hybridized carbons (Fsp3) is 0.538. The normalized spacial score (nSPS) is 13.2. The Morgan fingerprint density at radius 3 is 2.76 bits per heavy atom. The zero-order valence-electron chi connectivity index (χ0n) is 12.6. The first-order chi connectivity index (χ1) is 9.87. The predicted octanol–water partition coefficient (Wildman–Crippen LogP) is 1.79. The van der Waals surface area contributed by atoms with Crippen LogP contribution >= 0.6 is 0 Å². The summed E-state index contributed by atoms with van der Waals surface area (Å²) in [6.45, 7) is 8.34. The van der Waals surface area contributed by atoms with Crippen LogP contribution in [0.2, 0.25) is 0 Å². The maximum Gasteiger partial charge on any atom is 0.196 e. The summed E-state index contributed by atoms with van der Waals surface area (Å²) in [4.78, 5) is 4.03. The SMILES string of the molecule is CC(Nc1nccc(CNC(C)(C)C)c1F)c1nn[nH]n1. The number of halogens is 1. The summed E-state index contributed by atoms with van der Waals surface area (Å²) in [7, 11) is 0. The summed E-state index contributed by atoms with van der Waals surface area (Å²) in [5, 5.41) is 19.8. The molecule has 3 N–H and O–H groups in total. The van der Waals surface area contributed by atoms with E-state index >= 15 is 0 Å². The number of tetrazole rings is 1. The highest BCUT2D eigenvalue weighted by Gasteiger charge is 2.16. The van der Waals surface area contributed by atoms with Crippen molar-refractivity contribution in [3.63, 3.8) is 0 Å². The molecule has 0 aromatic carbocycles. The van der Waals surface area contributed by atoms with E-state index in [4.69, 9.17) is 0 Å². The van der Waals surface area contributed by atoms with Crippen molar-refractivity contribution in [3.8, 4) is 0 Å². The maximum absolute atomic E-state index is 14.4. The molecule has 0 fully saturated rings. The van der Waals surface area contributed by atoms with Gasteiger partial charge in [0, 0.05) is 23.8 Å². The quantitative estimate of drug-likeness (QED) is 0.778. The molecule has 0 aliphatic rings. The van der Waals surface area contributed by atoms with E-state index in [1.807, 2.05) is 27.7 Å². The van der Waals surface area contributed by atoms with Gasteiger partial charge in [-0.3, -0.25) is 0 Å². The Morgan fingerprint density at radius 2 is 2.14 bits per heavy atom. The molecule has 8 heteroatoms. The average molecular weight is 293 g/mol. The molecule has 21 heavy (non-hydrogen) atoms. The highest BCUT2D eigenvalue weighted by molar-refractivity contribution is 5.41. The van der Waals surface area contributed by atoms with Gasteiger partial charge >= 0.3 is 0 Å². The Labute approximate surface area is 122 Å². The van der Waals surface area contributed by atoms with E-state index in [1.54, 1.807) is 12.3 Å². The third-order valence-electron chi connectivity index (χ3n) is 2.88. The molecule has 0 aliphatic carbocycles. The highest BCUT2D eigenvalue weighted by atomic mass is 19.1. The van der Waals surface area contributed by atoms with Gasteiger partial charge in [-0.15, -0.1) is 10.2 Å². The lowest BCUT2D eigenvalue weighted by atomic mass is 10.1. The minimum atomic E-state index is -0.371. The Hall–Kier alpha value is -2.09. The maximum atomic E-state index is 14.4. The molecule has 0 saturated heterocycles. The van der Waals surface area contributed by atoms with Crippen LogP contribution in [-0.2, 0) is 6.54 Å². The number of aromatic amines is 1. The van der Waals surface area contributed by atoms with Crippen molar-refractivity contribution in [1.82, 2.24) is 30.9 Å². The lowest BCUT2D eigenvalue weighted by Crippen LogP contribution is -2.35. The van der Waals surface area contributed by atoms with E-state index in [9.17, 15) is 4.39 Å². The van der Waals surface area contributed by atoms with E-state index in [1.165, 1.54) is 0 Å². The second-order valence-electron chi connectivity index (χ2n) is 5.87. The molecule has 0 spiro atoms. The molecule has 0 bridgehead atoms. The first-order valence-electron chi connectivity index (χ1n) is 6.75. The van der Waals surface area contributed by atoms with Crippen molar-refractivity contribution in [2.24, 2.45) is 0 Å². The van der Waals surface area contributed by atoms with Crippen molar-refractivity contribution >= 4 is 5.82 Å². The van der Waals surface area contributed by atoms with E-state index in [0.29, 0.717) is 17.9 Å².